The number of hydrogen-bond donors (Lipinski definition) is 1. The third kappa shape index (κ3) is 3.20. The minimum absolute atomic E-state index is 0.262. The van der Waals surface area contributed by atoms with Crippen molar-refractivity contribution in [3.63, 3.8) is 0 Å². The normalized spacial score (nSPS) is 11.7. The number of hydrogen-bond acceptors (Lipinski definition) is 3. The Morgan fingerprint density at radius 3 is 2.56 bits per heavy atom. The molecule has 0 atom stereocenters. The van der Waals surface area contributed by atoms with Gasteiger partial charge in [-0.15, -0.1) is 11.3 Å². The van der Waals surface area contributed by atoms with E-state index >= 15 is 0 Å². The van der Waals surface area contributed by atoms with E-state index in [-0.39, 0.29) is 4.90 Å². The summed E-state index contributed by atoms with van der Waals surface area (Å²) in [6.07, 6.45) is 0. The lowest BCUT2D eigenvalue weighted by Crippen LogP contribution is -2.23. The van der Waals surface area contributed by atoms with Gasteiger partial charge in [-0.3, -0.25) is 0 Å². The highest BCUT2D eigenvalue weighted by molar-refractivity contribution is 9.10. The molecule has 2 aromatic rings. The van der Waals surface area contributed by atoms with Gasteiger partial charge >= 0.3 is 0 Å². The summed E-state index contributed by atoms with van der Waals surface area (Å²) in [5, 5.41) is 0. The van der Waals surface area contributed by atoms with Crippen LogP contribution in [0.25, 0.3) is 0 Å². The van der Waals surface area contributed by atoms with Crippen LogP contribution in [0.1, 0.15) is 9.75 Å². The fraction of sp³-hybridized carbons (Fsp3) is 0.167. The average Bonchev–Trinajstić information content (AvgIpc) is 2.73. The Labute approximate surface area is 119 Å². The highest BCUT2D eigenvalue weighted by Gasteiger charge is 2.16. The Bertz CT molecular complexity index is 650. The molecule has 0 radical (unpaired) electrons. The van der Waals surface area contributed by atoms with Gasteiger partial charge in [0, 0.05) is 20.8 Å². The molecule has 0 amide bonds. The first-order chi connectivity index (χ1) is 8.49. The second-order valence-corrected chi connectivity index (χ2v) is 7.73. The largest absolute Gasteiger partial charge is 0.242 e. The van der Waals surface area contributed by atoms with Crippen molar-refractivity contribution in [2.24, 2.45) is 0 Å². The standard InChI is InChI=1S/C12H12BrNO2S2/c1-9-6-7-10(17-9)8-14-18(15,16)12-5-3-2-4-11(12)13/h2-7,14H,8H2,1H3. The molecule has 0 spiro atoms. The van der Waals surface area contributed by atoms with E-state index in [4.69, 9.17) is 0 Å². The first-order valence-electron chi connectivity index (χ1n) is 5.28. The lowest BCUT2D eigenvalue weighted by Gasteiger charge is -2.07. The molecule has 6 heteroatoms. The van der Waals surface area contributed by atoms with E-state index in [9.17, 15) is 8.42 Å². The third-order valence-electron chi connectivity index (χ3n) is 2.36. The average molecular weight is 346 g/mol. The van der Waals surface area contributed by atoms with Crippen LogP contribution < -0.4 is 4.72 Å². The van der Waals surface area contributed by atoms with Crippen molar-refractivity contribution in [1.82, 2.24) is 4.72 Å². The number of sulfonamides is 1. The topological polar surface area (TPSA) is 46.2 Å². The fourth-order valence-electron chi connectivity index (χ4n) is 1.49. The second kappa shape index (κ2) is 5.52. The lowest BCUT2D eigenvalue weighted by atomic mass is 10.4. The van der Waals surface area contributed by atoms with Crippen LogP contribution in [0.15, 0.2) is 45.8 Å². The van der Waals surface area contributed by atoms with Crippen molar-refractivity contribution in [2.75, 3.05) is 0 Å². The Morgan fingerprint density at radius 2 is 1.94 bits per heavy atom. The number of nitrogens with one attached hydrogen (secondary N) is 1. The molecule has 0 saturated carbocycles. The Hall–Kier alpha value is -0.690. The number of benzene rings is 1. The molecule has 96 valence electrons. The highest BCUT2D eigenvalue weighted by Crippen LogP contribution is 2.22. The zero-order valence-corrected chi connectivity index (χ0v) is 12.9. The van der Waals surface area contributed by atoms with Gasteiger partial charge in [0.15, 0.2) is 0 Å². The van der Waals surface area contributed by atoms with Gasteiger partial charge in [0.2, 0.25) is 10.0 Å². The lowest BCUT2D eigenvalue weighted by molar-refractivity contribution is 0.581. The van der Waals surface area contributed by atoms with E-state index < -0.39 is 10.0 Å². The molecule has 1 N–H and O–H groups in total. The molecule has 0 unspecified atom stereocenters. The van der Waals surface area contributed by atoms with Crippen LogP contribution in [0, 0.1) is 6.92 Å². The first kappa shape index (κ1) is 13.7. The van der Waals surface area contributed by atoms with Gasteiger partial charge in [0.25, 0.3) is 0 Å². The van der Waals surface area contributed by atoms with Gasteiger partial charge in [0.1, 0.15) is 0 Å². The fourth-order valence-corrected chi connectivity index (χ4v) is 4.42. The zero-order valence-electron chi connectivity index (χ0n) is 9.68. The van der Waals surface area contributed by atoms with Crippen LogP contribution in [0.5, 0.6) is 0 Å². The SMILES string of the molecule is Cc1ccc(CNS(=O)(=O)c2ccccc2Br)s1. The minimum Gasteiger partial charge on any atom is -0.207 e. The summed E-state index contributed by atoms with van der Waals surface area (Å²) >= 11 is 4.84. The summed E-state index contributed by atoms with van der Waals surface area (Å²) in [4.78, 5) is 2.44. The molecule has 1 aromatic heterocycles. The molecule has 0 bridgehead atoms. The van der Waals surface area contributed by atoms with Gasteiger partial charge in [-0.2, -0.15) is 0 Å². The molecule has 2 rings (SSSR count). The van der Waals surface area contributed by atoms with Crippen molar-refractivity contribution in [2.45, 2.75) is 18.4 Å². The molecule has 1 heterocycles. The van der Waals surface area contributed by atoms with Gasteiger partial charge in [-0.05, 0) is 47.1 Å². The summed E-state index contributed by atoms with van der Waals surface area (Å²) < 4.78 is 27.4. The Balaban J connectivity index is 2.16. The quantitative estimate of drug-likeness (QED) is 0.923. The van der Waals surface area contributed by atoms with Crippen molar-refractivity contribution < 1.29 is 8.42 Å². The molecule has 0 aliphatic carbocycles. The smallest absolute Gasteiger partial charge is 0.207 e. The second-order valence-electron chi connectivity index (χ2n) is 3.77. The number of thiophene rings is 1. The summed E-state index contributed by atoms with van der Waals surface area (Å²) in [6, 6.07) is 10.7. The van der Waals surface area contributed by atoms with Crippen LogP contribution in [0.3, 0.4) is 0 Å². The van der Waals surface area contributed by atoms with E-state index in [0.717, 1.165) is 4.88 Å². The molecule has 0 saturated heterocycles. The molecule has 1 aromatic carbocycles. The molecule has 0 aliphatic rings. The van der Waals surface area contributed by atoms with Crippen LogP contribution in [-0.2, 0) is 16.6 Å². The number of rotatable bonds is 4. The summed E-state index contributed by atoms with van der Waals surface area (Å²) in [6.45, 7) is 2.32. The maximum atomic E-state index is 12.1. The predicted octanol–water partition coefficient (Wildman–Crippen LogP) is 3.30. The van der Waals surface area contributed by atoms with Crippen molar-refractivity contribution in [3.8, 4) is 0 Å². The van der Waals surface area contributed by atoms with E-state index in [1.54, 1.807) is 35.6 Å². The summed E-state index contributed by atoms with van der Waals surface area (Å²) in [5.74, 6) is 0. The number of halogens is 1. The molecule has 18 heavy (non-hydrogen) atoms. The van der Waals surface area contributed by atoms with Gasteiger partial charge in [0.05, 0.1) is 4.90 Å². The summed E-state index contributed by atoms with van der Waals surface area (Å²) in [5.41, 5.74) is 0. The molecular weight excluding hydrogens is 334 g/mol. The van der Waals surface area contributed by atoms with E-state index in [1.165, 1.54) is 4.88 Å². The van der Waals surface area contributed by atoms with E-state index in [1.807, 2.05) is 19.1 Å². The maximum absolute atomic E-state index is 12.1. The Morgan fingerprint density at radius 1 is 1.22 bits per heavy atom. The minimum atomic E-state index is -3.47. The van der Waals surface area contributed by atoms with Crippen molar-refractivity contribution in [3.05, 3.63) is 50.6 Å². The predicted molar refractivity (Wildman–Crippen MR) is 77.2 cm³/mol. The van der Waals surface area contributed by atoms with E-state index in [2.05, 4.69) is 20.7 Å². The molecule has 0 aliphatic heterocycles. The van der Waals surface area contributed by atoms with E-state index in [0.29, 0.717) is 11.0 Å². The van der Waals surface area contributed by atoms with Gasteiger partial charge in [-0.25, -0.2) is 13.1 Å². The molecule has 3 nitrogen and oxygen atoms in total. The monoisotopic (exact) mass is 345 g/mol. The maximum Gasteiger partial charge on any atom is 0.242 e. The third-order valence-corrected chi connectivity index (χ3v) is 5.77. The van der Waals surface area contributed by atoms with Crippen LogP contribution >= 0.6 is 27.3 Å². The van der Waals surface area contributed by atoms with Crippen molar-refractivity contribution >= 4 is 37.3 Å². The summed E-state index contributed by atoms with van der Waals surface area (Å²) in [7, 11) is -3.47. The van der Waals surface area contributed by atoms with Crippen LogP contribution in [-0.4, -0.2) is 8.42 Å². The van der Waals surface area contributed by atoms with Crippen LogP contribution in [0.4, 0.5) is 0 Å². The molecular formula is C12H12BrNO2S2. The van der Waals surface area contributed by atoms with Crippen LogP contribution in [0.2, 0.25) is 0 Å². The van der Waals surface area contributed by atoms with Gasteiger partial charge in [-0.1, -0.05) is 12.1 Å². The first-order valence-corrected chi connectivity index (χ1v) is 8.38. The Kier molecular flexibility index (Phi) is 4.21. The van der Waals surface area contributed by atoms with Gasteiger partial charge < -0.3 is 0 Å². The van der Waals surface area contributed by atoms with Crippen molar-refractivity contribution in [1.29, 1.82) is 0 Å². The molecule has 0 fully saturated rings. The number of aryl methyl sites for hydroxylation is 1. The zero-order chi connectivity index (χ0) is 13.2. The highest BCUT2D eigenvalue weighted by atomic mass is 79.9.